The SMILES string of the molecule is Cc1nnc(S[C@H](C)C(=O)N2CCc3ccccc32)s1. The summed E-state index contributed by atoms with van der Waals surface area (Å²) in [6.45, 7) is 4.63. The summed E-state index contributed by atoms with van der Waals surface area (Å²) < 4.78 is 0.857. The minimum absolute atomic E-state index is 0.145. The predicted molar refractivity (Wildman–Crippen MR) is 82.5 cm³/mol. The maximum atomic E-state index is 12.6. The van der Waals surface area contributed by atoms with Gasteiger partial charge in [0.25, 0.3) is 0 Å². The average molecular weight is 305 g/mol. The molecule has 0 saturated heterocycles. The van der Waals surface area contributed by atoms with Crippen molar-refractivity contribution in [3.05, 3.63) is 34.8 Å². The van der Waals surface area contributed by atoms with Gasteiger partial charge in [-0.25, -0.2) is 0 Å². The molecule has 1 amide bonds. The summed E-state index contributed by atoms with van der Waals surface area (Å²) in [6, 6.07) is 8.12. The van der Waals surface area contributed by atoms with E-state index in [4.69, 9.17) is 0 Å². The third-order valence-corrected chi connectivity index (χ3v) is 5.30. The maximum Gasteiger partial charge on any atom is 0.240 e. The Morgan fingerprint density at radius 2 is 2.20 bits per heavy atom. The van der Waals surface area contributed by atoms with Crippen LogP contribution in [-0.4, -0.2) is 27.9 Å². The smallest absolute Gasteiger partial charge is 0.240 e. The zero-order valence-electron chi connectivity index (χ0n) is 11.4. The number of fused-ring (bicyclic) bond motifs is 1. The number of carbonyl (C=O) groups is 1. The first kappa shape index (κ1) is 13.6. The van der Waals surface area contributed by atoms with Crippen LogP contribution in [0.3, 0.4) is 0 Å². The van der Waals surface area contributed by atoms with E-state index in [1.54, 1.807) is 0 Å². The van der Waals surface area contributed by atoms with Crippen LogP contribution in [0.15, 0.2) is 28.6 Å². The predicted octanol–water partition coefficient (Wildman–Crippen LogP) is 2.92. The lowest BCUT2D eigenvalue weighted by Crippen LogP contribution is -2.35. The van der Waals surface area contributed by atoms with Crippen molar-refractivity contribution in [1.29, 1.82) is 0 Å². The number of aromatic nitrogens is 2. The Bertz CT molecular complexity index is 641. The van der Waals surface area contributed by atoms with Crippen LogP contribution >= 0.6 is 23.1 Å². The van der Waals surface area contributed by atoms with Gasteiger partial charge in [-0.2, -0.15) is 0 Å². The van der Waals surface area contributed by atoms with E-state index in [9.17, 15) is 4.79 Å². The van der Waals surface area contributed by atoms with Crippen LogP contribution in [0.25, 0.3) is 0 Å². The molecule has 2 aromatic rings. The van der Waals surface area contributed by atoms with Crippen LogP contribution in [-0.2, 0) is 11.2 Å². The normalized spacial score (nSPS) is 15.2. The Morgan fingerprint density at radius 3 is 2.95 bits per heavy atom. The number of nitrogens with zero attached hydrogens (tertiary/aromatic N) is 3. The molecule has 3 rings (SSSR count). The van der Waals surface area contributed by atoms with E-state index in [0.29, 0.717) is 0 Å². The van der Waals surface area contributed by atoms with Crippen molar-refractivity contribution >= 4 is 34.7 Å². The largest absolute Gasteiger partial charge is 0.311 e. The van der Waals surface area contributed by atoms with Crippen molar-refractivity contribution < 1.29 is 4.79 Å². The van der Waals surface area contributed by atoms with Crippen molar-refractivity contribution in [2.45, 2.75) is 29.9 Å². The van der Waals surface area contributed by atoms with Crippen LogP contribution in [0.2, 0.25) is 0 Å². The molecule has 0 unspecified atom stereocenters. The van der Waals surface area contributed by atoms with E-state index in [2.05, 4.69) is 16.3 Å². The molecule has 6 heteroatoms. The number of thioether (sulfide) groups is 1. The standard InChI is InChI=1S/C14H15N3OS2/c1-9(19-14-16-15-10(2)20-14)13(18)17-8-7-11-5-3-4-6-12(11)17/h3-6,9H,7-8H2,1-2H3/t9-/m1/s1. The van der Waals surface area contributed by atoms with Crippen LogP contribution in [0.5, 0.6) is 0 Å². The van der Waals surface area contributed by atoms with Gasteiger partial charge in [-0.05, 0) is 31.9 Å². The molecule has 0 N–H and O–H groups in total. The Kier molecular flexibility index (Phi) is 3.76. The number of aryl methyl sites for hydroxylation is 1. The minimum Gasteiger partial charge on any atom is -0.311 e. The number of hydrogen-bond donors (Lipinski definition) is 0. The second-order valence-corrected chi connectivity index (χ2v) is 7.49. The minimum atomic E-state index is -0.145. The summed E-state index contributed by atoms with van der Waals surface area (Å²) in [7, 11) is 0. The lowest BCUT2D eigenvalue weighted by Gasteiger charge is -2.20. The van der Waals surface area contributed by atoms with Crippen LogP contribution in [0.1, 0.15) is 17.5 Å². The zero-order valence-corrected chi connectivity index (χ0v) is 13.0. The van der Waals surface area contributed by atoms with Crippen molar-refractivity contribution in [3.63, 3.8) is 0 Å². The lowest BCUT2D eigenvalue weighted by atomic mass is 10.2. The van der Waals surface area contributed by atoms with Gasteiger partial charge in [0.1, 0.15) is 5.01 Å². The van der Waals surface area contributed by atoms with E-state index in [1.165, 1.54) is 28.7 Å². The first-order valence-corrected chi connectivity index (χ1v) is 8.21. The highest BCUT2D eigenvalue weighted by molar-refractivity contribution is 8.02. The monoisotopic (exact) mass is 305 g/mol. The van der Waals surface area contributed by atoms with Gasteiger partial charge in [0.15, 0.2) is 4.34 Å². The fraction of sp³-hybridized carbons (Fsp3) is 0.357. The number of carbonyl (C=O) groups excluding carboxylic acids is 1. The number of para-hydroxylation sites is 1. The topological polar surface area (TPSA) is 46.1 Å². The summed E-state index contributed by atoms with van der Waals surface area (Å²) in [5.41, 5.74) is 2.31. The highest BCUT2D eigenvalue weighted by Crippen LogP contribution is 2.32. The van der Waals surface area contributed by atoms with Crippen LogP contribution in [0, 0.1) is 6.92 Å². The van der Waals surface area contributed by atoms with Gasteiger partial charge in [-0.1, -0.05) is 41.3 Å². The van der Waals surface area contributed by atoms with E-state index >= 15 is 0 Å². The Balaban J connectivity index is 1.73. The Hall–Kier alpha value is -1.40. The lowest BCUT2D eigenvalue weighted by molar-refractivity contribution is -0.117. The quantitative estimate of drug-likeness (QED) is 0.818. The van der Waals surface area contributed by atoms with Crippen LogP contribution < -0.4 is 4.90 Å². The summed E-state index contributed by atoms with van der Waals surface area (Å²) in [6.07, 6.45) is 0.942. The molecule has 1 aliphatic heterocycles. The molecule has 0 fully saturated rings. The number of anilines is 1. The molecule has 104 valence electrons. The molecule has 2 heterocycles. The van der Waals surface area contributed by atoms with Crippen molar-refractivity contribution in [2.75, 3.05) is 11.4 Å². The molecular formula is C14H15N3OS2. The van der Waals surface area contributed by atoms with E-state index in [-0.39, 0.29) is 11.2 Å². The number of benzene rings is 1. The third-order valence-electron chi connectivity index (χ3n) is 3.29. The summed E-state index contributed by atoms with van der Waals surface area (Å²) in [5.74, 6) is 0.146. The molecule has 0 saturated carbocycles. The van der Waals surface area contributed by atoms with Gasteiger partial charge in [-0.3, -0.25) is 4.79 Å². The van der Waals surface area contributed by atoms with E-state index in [1.807, 2.05) is 36.9 Å². The molecule has 0 bridgehead atoms. The number of hydrogen-bond acceptors (Lipinski definition) is 5. The molecule has 0 aliphatic carbocycles. The molecule has 1 aromatic carbocycles. The molecule has 0 spiro atoms. The third kappa shape index (κ3) is 2.58. The zero-order chi connectivity index (χ0) is 14.1. The fourth-order valence-corrected chi connectivity index (χ4v) is 4.34. The molecule has 4 nitrogen and oxygen atoms in total. The van der Waals surface area contributed by atoms with Gasteiger partial charge in [-0.15, -0.1) is 10.2 Å². The number of rotatable bonds is 3. The maximum absolute atomic E-state index is 12.6. The highest BCUT2D eigenvalue weighted by Gasteiger charge is 2.28. The molecule has 0 radical (unpaired) electrons. The van der Waals surface area contributed by atoms with Gasteiger partial charge in [0.2, 0.25) is 5.91 Å². The molecule has 1 atom stereocenters. The molecule has 1 aliphatic rings. The van der Waals surface area contributed by atoms with Crippen molar-refractivity contribution in [1.82, 2.24) is 10.2 Å². The van der Waals surface area contributed by atoms with Crippen molar-refractivity contribution in [2.24, 2.45) is 0 Å². The highest BCUT2D eigenvalue weighted by atomic mass is 32.2. The summed E-state index contributed by atoms with van der Waals surface area (Å²) in [5, 5.41) is 8.84. The summed E-state index contributed by atoms with van der Waals surface area (Å²) in [4.78, 5) is 14.5. The van der Waals surface area contributed by atoms with Crippen molar-refractivity contribution in [3.8, 4) is 0 Å². The average Bonchev–Trinajstić information content (AvgIpc) is 3.04. The fourth-order valence-electron chi connectivity index (χ4n) is 2.31. The molecular weight excluding hydrogens is 290 g/mol. The number of amides is 1. The Labute approximate surface area is 126 Å². The first-order valence-electron chi connectivity index (χ1n) is 6.51. The van der Waals surface area contributed by atoms with E-state index in [0.717, 1.165) is 28.0 Å². The molecule has 1 aromatic heterocycles. The van der Waals surface area contributed by atoms with Gasteiger partial charge >= 0.3 is 0 Å². The van der Waals surface area contributed by atoms with Gasteiger partial charge < -0.3 is 4.90 Å². The first-order chi connectivity index (χ1) is 9.65. The van der Waals surface area contributed by atoms with Crippen LogP contribution in [0.4, 0.5) is 5.69 Å². The van der Waals surface area contributed by atoms with Gasteiger partial charge in [0.05, 0.1) is 5.25 Å². The summed E-state index contributed by atoms with van der Waals surface area (Å²) >= 11 is 3.02. The second-order valence-electron chi connectivity index (χ2n) is 4.72. The second kappa shape index (κ2) is 5.54. The molecule has 20 heavy (non-hydrogen) atoms. The van der Waals surface area contributed by atoms with Gasteiger partial charge in [0, 0.05) is 12.2 Å². The van der Waals surface area contributed by atoms with E-state index < -0.39 is 0 Å². The Morgan fingerprint density at radius 1 is 1.40 bits per heavy atom.